The van der Waals surface area contributed by atoms with Crippen LogP contribution in [0.3, 0.4) is 0 Å². The number of benzene rings is 3. The Bertz CT molecular complexity index is 1140. The van der Waals surface area contributed by atoms with Gasteiger partial charge in [-0.15, -0.1) is 0 Å². The summed E-state index contributed by atoms with van der Waals surface area (Å²) in [5.74, 6) is 0.695. The molecule has 174 valence electrons. The summed E-state index contributed by atoms with van der Waals surface area (Å²) in [5.41, 5.74) is 2.62. The number of hydrogen-bond acceptors (Lipinski definition) is 5. The average Bonchev–Trinajstić information content (AvgIpc) is 2.78. The van der Waals surface area contributed by atoms with E-state index in [1.165, 1.54) is 12.1 Å². The fraction of sp³-hybridized carbons (Fsp3) is 0.269. The molecule has 0 aliphatic carbocycles. The number of rotatable bonds is 9. The molecule has 3 aromatic carbocycles. The molecule has 1 N–H and O–H groups in total. The summed E-state index contributed by atoms with van der Waals surface area (Å²) in [5, 5.41) is -0.954. The quantitative estimate of drug-likeness (QED) is 0.443. The Kier molecular flexibility index (Phi) is 7.89. The van der Waals surface area contributed by atoms with E-state index in [1.807, 2.05) is 60.7 Å². The molecule has 0 bridgehead atoms. The van der Waals surface area contributed by atoms with Gasteiger partial charge in [0.2, 0.25) is 5.91 Å². The van der Waals surface area contributed by atoms with Crippen LogP contribution < -0.4 is 10.2 Å². The largest absolute Gasteiger partial charge is 0.457 e. The number of hydroxylamine groups is 1. The zero-order valence-corrected chi connectivity index (χ0v) is 19.8. The molecular weight excluding hydrogens is 438 g/mol. The van der Waals surface area contributed by atoms with E-state index in [4.69, 9.17) is 9.57 Å². The monoisotopic (exact) mass is 467 g/mol. The van der Waals surface area contributed by atoms with Gasteiger partial charge in [0.25, 0.3) is 0 Å². The van der Waals surface area contributed by atoms with Gasteiger partial charge in [-0.3, -0.25) is 9.63 Å². The number of nitrogens with one attached hydrogen (secondary N) is 1. The lowest BCUT2D eigenvalue weighted by molar-refractivity contribution is -0.145. The molecule has 6 nitrogen and oxygen atoms in total. The second kappa shape index (κ2) is 10.6. The van der Waals surface area contributed by atoms with Gasteiger partial charge in [0, 0.05) is 6.42 Å². The molecule has 1 atom stereocenters. The van der Waals surface area contributed by atoms with Crippen molar-refractivity contribution in [3.05, 3.63) is 90.5 Å². The van der Waals surface area contributed by atoms with Gasteiger partial charge in [0.15, 0.2) is 9.84 Å². The van der Waals surface area contributed by atoms with Crippen molar-refractivity contribution in [1.29, 1.82) is 0 Å². The number of amides is 1. The lowest BCUT2D eigenvalue weighted by atomic mass is 10.1. The molecule has 0 aliphatic rings. The van der Waals surface area contributed by atoms with E-state index in [9.17, 15) is 13.2 Å². The summed E-state index contributed by atoms with van der Waals surface area (Å²) >= 11 is 0. The van der Waals surface area contributed by atoms with E-state index in [-0.39, 0.29) is 17.7 Å². The fourth-order valence-corrected chi connectivity index (χ4v) is 4.82. The van der Waals surface area contributed by atoms with Crippen molar-refractivity contribution in [2.45, 2.75) is 49.4 Å². The number of hydrogen-bond donors (Lipinski definition) is 1. The number of ether oxygens (including phenoxy) is 1. The predicted molar refractivity (Wildman–Crippen MR) is 128 cm³/mol. The first-order valence-electron chi connectivity index (χ1n) is 10.7. The molecule has 3 aromatic rings. The SMILES string of the molecule is CC(C)(C)ONC(=O)CC(Cc1ccccc1)S(=O)(=O)c1ccc(Oc2ccccc2)cc1. The van der Waals surface area contributed by atoms with Crippen molar-refractivity contribution in [1.82, 2.24) is 5.48 Å². The minimum absolute atomic E-state index is 0.133. The van der Waals surface area contributed by atoms with Crippen LogP contribution in [0.2, 0.25) is 0 Å². The summed E-state index contributed by atoms with van der Waals surface area (Å²) in [6.45, 7) is 5.39. The summed E-state index contributed by atoms with van der Waals surface area (Å²) < 4.78 is 32.7. The Balaban J connectivity index is 1.80. The highest BCUT2D eigenvalue weighted by atomic mass is 32.2. The first-order valence-corrected chi connectivity index (χ1v) is 12.3. The van der Waals surface area contributed by atoms with Crippen molar-refractivity contribution < 1.29 is 22.8 Å². The van der Waals surface area contributed by atoms with Crippen molar-refractivity contribution in [2.24, 2.45) is 0 Å². The highest BCUT2D eigenvalue weighted by Gasteiger charge is 2.30. The topological polar surface area (TPSA) is 81.7 Å². The summed E-state index contributed by atoms with van der Waals surface area (Å²) in [7, 11) is -3.81. The molecule has 1 unspecified atom stereocenters. The van der Waals surface area contributed by atoms with Gasteiger partial charge in [0.1, 0.15) is 11.5 Å². The molecule has 33 heavy (non-hydrogen) atoms. The summed E-state index contributed by atoms with van der Waals surface area (Å²) in [6, 6.07) is 24.7. The van der Waals surface area contributed by atoms with E-state index in [2.05, 4.69) is 5.48 Å². The average molecular weight is 468 g/mol. The van der Waals surface area contributed by atoms with Gasteiger partial charge in [-0.1, -0.05) is 48.5 Å². The zero-order valence-electron chi connectivity index (χ0n) is 19.0. The third-order valence-electron chi connectivity index (χ3n) is 4.76. The van der Waals surface area contributed by atoms with E-state index >= 15 is 0 Å². The highest BCUT2D eigenvalue weighted by molar-refractivity contribution is 7.92. The Morgan fingerprint density at radius 3 is 1.97 bits per heavy atom. The van der Waals surface area contributed by atoms with Crippen LogP contribution in [0.4, 0.5) is 0 Å². The summed E-state index contributed by atoms with van der Waals surface area (Å²) in [6.07, 6.45) is -0.0239. The predicted octanol–water partition coefficient (Wildman–Crippen LogP) is 5.10. The molecule has 0 spiro atoms. The van der Waals surface area contributed by atoms with Gasteiger partial charge in [-0.2, -0.15) is 0 Å². The molecule has 0 saturated carbocycles. The second-order valence-corrected chi connectivity index (χ2v) is 10.9. The Morgan fingerprint density at radius 1 is 0.848 bits per heavy atom. The molecular formula is C26H29NO5S. The van der Waals surface area contributed by atoms with E-state index in [1.54, 1.807) is 32.9 Å². The van der Waals surface area contributed by atoms with Crippen molar-refractivity contribution in [3.8, 4) is 11.5 Å². The van der Waals surface area contributed by atoms with Crippen molar-refractivity contribution in [2.75, 3.05) is 0 Å². The third kappa shape index (κ3) is 7.44. The van der Waals surface area contributed by atoms with Gasteiger partial charge >= 0.3 is 0 Å². The first-order chi connectivity index (χ1) is 15.6. The molecule has 0 saturated heterocycles. The van der Waals surface area contributed by atoms with E-state index < -0.39 is 26.6 Å². The molecule has 0 radical (unpaired) electrons. The van der Waals surface area contributed by atoms with Gasteiger partial charge in [-0.25, -0.2) is 13.9 Å². The Morgan fingerprint density at radius 2 is 1.39 bits per heavy atom. The summed E-state index contributed by atoms with van der Waals surface area (Å²) in [4.78, 5) is 18.0. The van der Waals surface area contributed by atoms with Crippen LogP contribution in [-0.4, -0.2) is 25.2 Å². The minimum atomic E-state index is -3.81. The highest BCUT2D eigenvalue weighted by Crippen LogP contribution is 2.26. The van der Waals surface area contributed by atoms with Crippen molar-refractivity contribution in [3.63, 3.8) is 0 Å². The van der Waals surface area contributed by atoms with Gasteiger partial charge < -0.3 is 4.74 Å². The second-order valence-electron chi connectivity index (χ2n) is 8.69. The molecule has 0 heterocycles. The van der Waals surface area contributed by atoms with Crippen LogP contribution >= 0.6 is 0 Å². The van der Waals surface area contributed by atoms with Crippen LogP contribution in [-0.2, 0) is 25.9 Å². The molecule has 0 fully saturated rings. The smallest absolute Gasteiger partial charge is 0.244 e. The van der Waals surface area contributed by atoms with Crippen LogP contribution in [0.1, 0.15) is 32.8 Å². The maximum absolute atomic E-state index is 13.5. The van der Waals surface area contributed by atoms with Gasteiger partial charge in [-0.05, 0) is 69.2 Å². The molecule has 1 amide bonds. The lowest BCUT2D eigenvalue weighted by Crippen LogP contribution is -2.37. The van der Waals surface area contributed by atoms with Gasteiger partial charge in [0.05, 0.1) is 15.7 Å². The molecule has 3 rings (SSSR count). The normalized spacial score (nSPS) is 12.7. The fourth-order valence-electron chi connectivity index (χ4n) is 3.14. The Hall–Kier alpha value is -3.16. The van der Waals surface area contributed by atoms with Crippen molar-refractivity contribution >= 4 is 15.7 Å². The Labute approximate surface area is 195 Å². The standard InChI is InChI=1S/C26H29NO5S/c1-26(2,3)32-27-25(28)19-24(18-20-10-6-4-7-11-20)33(29,30)23-16-14-22(15-17-23)31-21-12-8-5-9-13-21/h4-17,24H,18-19H2,1-3H3,(H,27,28). The molecule has 7 heteroatoms. The van der Waals surface area contributed by atoms with Crippen LogP contribution in [0, 0.1) is 0 Å². The minimum Gasteiger partial charge on any atom is -0.457 e. The maximum Gasteiger partial charge on any atom is 0.244 e. The molecule has 0 aromatic heterocycles. The van der Waals surface area contributed by atoms with Crippen LogP contribution in [0.5, 0.6) is 11.5 Å². The number of para-hydroxylation sites is 1. The number of carbonyl (C=O) groups excluding carboxylic acids is 1. The van der Waals surface area contributed by atoms with Crippen LogP contribution in [0.25, 0.3) is 0 Å². The first kappa shape index (κ1) is 24.5. The third-order valence-corrected chi connectivity index (χ3v) is 6.90. The van der Waals surface area contributed by atoms with E-state index in [0.717, 1.165) is 5.56 Å². The zero-order chi connectivity index (χ0) is 23.9. The van der Waals surface area contributed by atoms with E-state index in [0.29, 0.717) is 11.5 Å². The molecule has 0 aliphatic heterocycles. The lowest BCUT2D eigenvalue weighted by Gasteiger charge is -2.21. The number of sulfone groups is 1. The number of carbonyl (C=O) groups is 1. The maximum atomic E-state index is 13.5. The van der Waals surface area contributed by atoms with Crippen LogP contribution in [0.15, 0.2) is 89.8 Å².